The number of halogens is 1. The molecule has 2 aromatic rings. The molecular formula is C21H22BrN3O4. The van der Waals surface area contributed by atoms with Crippen LogP contribution in [-0.2, 0) is 16.0 Å². The van der Waals surface area contributed by atoms with Crippen molar-refractivity contribution >= 4 is 39.3 Å². The number of carbonyl (C=O) groups excluding carboxylic acids is 3. The number of anilines is 1. The maximum Gasteiger partial charge on any atom is 0.279 e. The van der Waals surface area contributed by atoms with Crippen LogP contribution in [0, 0.1) is 0 Å². The lowest BCUT2D eigenvalue weighted by Gasteiger charge is -2.17. The molecule has 0 aliphatic carbocycles. The Balaban J connectivity index is 1.57. The number of nitrogens with zero attached hydrogens (tertiary/aromatic N) is 1. The van der Waals surface area contributed by atoms with E-state index < -0.39 is 17.9 Å². The van der Waals surface area contributed by atoms with Crippen molar-refractivity contribution in [3.8, 4) is 5.75 Å². The summed E-state index contributed by atoms with van der Waals surface area (Å²) in [5.41, 5.74) is 6.98. The highest BCUT2D eigenvalue weighted by atomic mass is 79.9. The molecule has 0 saturated carbocycles. The smallest absolute Gasteiger partial charge is 0.279 e. The van der Waals surface area contributed by atoms with E-state index in [0.29, 0.717) is 30.7 Å². The first kappa shape index (κ1) is 20.9. The lowest BCUT2D eigenvalue weighted by Crippen LogP contribution is -2.47. The zero-order chi connectivity index (χ0) is 21.0. The fourth-order valence-corrected chi connectivity index (χ4v) is 3.46. The molecule has 29 heavy (non-hydrogen) atoms. The Bertz CT molecular complexity index is 947. The van der Waals surface area contributed by atoms with Crippen LogP contribution in [0.3, 0.4) is 0 Å². The average molecular weight is 460 g/mol. The van der Waals surface area contributed by atoms with E-state index in [4.69, 9.17) is 4.74 Å². The van der Waals surface area contributed by atoms with Crippen LogP contribution in [0.2, 0.25) is 0 Å². The summed E-state index contributed by atoms with van der Waals surface area (Å²) in [5.74, 6) is -0.305. The van der Waals surface area contributed by atoms with Gasteiger partial charge in [0.15, 0.2) is 6.10 Å². The van der Waals surface area contributed by atoms with Gasteiger partial charge in [0, 0.05) is 28.7 Å². The van der Waals surface area contributed by atoms with Crippen molar-refractivity contribution < 1.29 is 19.1 Å². The Morgan fingerprint density at radius 3 is 2.69 bits per heavy atom. The highest BCUT2D eigenvalue weighted by molar-refractivity contribution is 9.10. The Hall–Kier alpha value is -2.87. The quantitative estimate of drug-likeness (QED) is 0.672. The number of fused-ring (bicyclic) bond motifs is 1. The molecule has 152 valence electrons. The molecule has 3 amide bonds. The van der Waals surface area contributed by atoms with E-state index in [1.807, 2.05) is 13.0 Å². The van der Waals surface area contributed by atoms with Crippen molar-refractivity contribution in [3.05, 3.63) is 58.1 Å². The van der Waals surface area contributed by atoms with Crippen LogP contribution >= 0.6 is 15.9 Å². The molecular weight excluding hydrogens is 438 g/mol. The van der Waals surface area contributed by atoms with Gasteiger partial charge in [-0.05, 0) is 55.3 Å². The summed E-state index contributed by atoms with van der Waals surface area (Å²) in [4.78, 5) is 38.3. The number of nitrogens with one attached hydrogen (secondary N) is 2. The molecule has 0 bridgehead atoms. The van der Waals surface area contributed by atoms with Crippen molar-refractivity contribution in [3.63, 3.8) is 0 Å². The van der Waals surface area contributed by atoms with Crippen molar-refractivity contribution in [2.45, 2.75) is 32.8 Å². The van der Waals surface area contributed by atoms with E-state index in [0.717, 1.165) is 15.7 Å². The van der Waals surface area contributed by atoms with E-state index in [-0.39, 0.29) is 5.91 Å². The van der Waals surface area contributed by atoms with Gasteiger partial charge in [-0.25, -0.2) is 0 Å². The summed E-state index contributed by atoms with van der Waals surface area (Å²) in [6.07, 6.45) is 0.346. The van der Waals surface area contributed by atoms with Gasteiger partial charge in [-0.1, -0.05) is 28.9 Å². The Morgan fingerprint density at radius 1 is 1.17 bits per heavy atom. The van der Waals surface area contributed by atoms with Gasteiger partial charge in [0.1, 0.15) is 5.75 Å². The highest BCUT2D eigenvalue weighted by Crippen LogP contribution is 2.29. The zero-order valence-corrected chi connectivity index (χ0v) is 17.8. The SMILES string of the molecule is CCC(=O)N1CCc2cc(C(=O)NNC(=O)C(C)Oc3cccc(Br)c3)ccc21. The summed E-state index contributed by atoms with van der Waals surface area (Å²) in [6, 6.07) is 12.3. The van der Waals surface area contributed by atoms with Crippen molar-refractivity contribution in [1.29, 1.82) is 0 Å². The zero-order valence-electron chi connectivity index (χ0n) is 16.2. The summed E-state index contributed by atoms with van der Waals surface area (Å²) in [5, 5.41) is 0. The number of hydrazine groups is 1. The maximum absolute atomic E-state index is 12.4. The second kappa shape index (κ2) is 9.09. The fourth-order valence-electron chi connectivity index (χ4n) is 3.08. The number of hydrogen-bond acceptors (Lipinski definition) is 4. The van der Waals surface area contributed by atoms with Gasteiger partial charge < -0.3 is 9.64 Å². The predicted octanol–water partition coefficient (Wildman–Crippen LogP) is 2.98. The van der Waals surface area contributed by atoms with Gasteiger partial charge in [-0.3, -0.25) is 25.2 Å². The summed E-state index contributed by atoms with van der Waals surface area (Å²) in [6.45, 7) is 4.04. The lowest BCUT2D eigenvalue weighted by molar-refractivity contribution is -0.128. The molecule has 1 atom stereocenters. The minimum Gasteiger partial charge on any atom is -0.481 e. The van der Waals surface area contributed by atoms with Gasteiger partial charge in [-0.15, -0.1) is 0 Å². The highest BCUT2D eigenvalue weighted by Gasteiger charge is 2.24. The first-order chi connectivity index (χ1) is 13.9. The van der Waals surface area contributed by atoms with E-state index >= 15 is 0 Å². The van der Waals surface area contributed by atoms with Crippen molar-refractivity contribution in [2.75, 3.05) is 11.4 Å². The number of carbonyl (C=O) groups is 3. The molecule has 0 aromatic heterocycles. The predicted molar refractivity (Wildman–Crippen MR) is 113 cm³/mol. The minimum atomic E-state index is -0.793. The molecule has 1 aliphatic heterocycles. The molecule has 0 radical (unpaired) electrons. The third kappa shape index (κ3) is 4.95. The third-order valence-electron chi connectivity index (χ3n) is 4.62. The Morgan fingerprint density at radius 2 is 1.97 bits per heavy atom. The van der Waals surface area contributed by atoms with Gasteiger partial charge in [0.25, 0.3) is 11.8 Å². The molecule has 7 nitrogen and oxygen atoms in total. The summed E-state index contributed by atoms with van der Waals surface area (Å²) in [7, 11) is 0. The average Bonchev–Trinajstić information content (AvgIpc) is 3.14. The van der Waals surface area contributed by atoms with Crippen LogP contribution in [-0.4, -0.2) is 30.4 Å². The van der Waals surface area contributed by atoms with Gasteiger partial charge >= 0.3 is 0 Å². The number of benzene rings is 2. The maximum atomic E-state index is 12.4. The summed E-state index contributed by atoms with van der Waals surface area (Å²) < 4.78 is 6.41. The normalized spacial score (nSPS) is 13.4. The molecule has 0 fully saturated rings. The number of rotatable bonds is 5. The number of hydrogen-bond donors (Lipinski definition) is 2. The minimum absolute atomic E-state index is 0.0626. The largest absolute Gasteiger partial charge is 0.481 e. The molecule has 1 heterocycles. The lowest BCUT2D eigenvalue weighted by atomic mass is 10.1. The second-order valence-corrected chi connectivity index (χ2v) is 7.57. The van der Waals surface area contributed by atoms with Gasteiger partial charge in [-0.2, -0.15) is 0 Å². The van der Waals surface area contributed by atoms with E-state index in [9.17, 15) is 14.4 Å². The van der Waals surface area contributed by atoms with Crippen LogP contribution in [0.5, 0.6) is 5.75 Å². The van der Waals surface area contributed by atoms with Crippen LogP contribution in [0.15, 0.2) is 46.9 Å². The molecule has 0 spiro atoms. The van der Waals surface area contributed by atoms with Gasteiger partial charge in [0.2, 0.25) is 5.91 Å². The third-order valence-corrected chi connectivity index (χ3v) is 5.11. The van der Waals surface area contributed by atoms with Crippen LogP contribution < -0.4 is 20.5 Å². The Kier molecular flexibility index (Phi) is 6.53. The molecule has 2 aromatic carbocycles. The second-order valence-electron chi connectivity index (χ2n) is 6.65. The molecule has 1 unspecified atom stereocenters. The van der Waals surface area contributed by atoms with Crippen molar-refractivity contribution in [1.82, 2.24) is 10.9 Å². The van der Waals surface area contributed by atoms with Crippen LogP contribution in [0.4, 0.5) is 5.69 Å². The first-order valence-corrected chi connectivity index (χ1v) is 10.1. The molecule has 1 aliphatic rings. The molecule has 2 N–H and O–H groups in total. The molecule has 3 rings (SSSR count). The first-order valence-electron chi connectivity index (χ1n) is 9.34. The number of ether oxygens (including phenoxy) is 1. The van der Waals surface area contributed by atoms with Crippen LogP contribution in [0.1, 0.15) is 36.2 Å². The van der Waals surface area contributed by atoms with E-state index in [2.05, 4.69) is 26.8 Å². The topological polar surface area (TPSA) is 87.7 Å². The summed E-state index contributed by atoms with van der Waals surface area (Å²) >= 11 is 3.34. The van der Waals surface area contributed by atoms with Crippen molar-refractivity contribution in [2.24, 2.45) is 0 Å². The Labute approximate surface area is 177 Å². The van der Waals surface area contributed by atoms with Crippen LogP contribution in [0.25, 0.3) is 0 Å². The monoisotopic (exact) mass is 459 g/mol. The fraction of sp³-hybridized carbons (Fsp3) is 0.286. The standard InChI is InChI=1S/C21H22BrN3O4/c1-3-19(26)25-10-9-14-11-15(7-8-18(14)25)21(28)24-23-20(27)13(2)29-17-6-4-5-16(22)12-17/h4-8,11-13H,3,9-10H2,1-2H3,(H,23,27)(H,24,28). The molecule has 8 heteroatoms. The molecule has 0 saturated heterocycles. The number of amides is 3. The van der Waals surface area contributed by atoms with E-state index in [1.165, 1.54) is 0 Å². The van der Waals surface area contributed by atoms with Gasteiger partial charge in [0.05, 0.1) is 0 Å². The van der Waals surface area contributed by atoms with E-state index in [1.54, 1.807) is 48.2 Å².